The van der Waals surface area contributed by atoms with Crippen molar-refractivity contribution in [2.45, 2.75) is 19.4 Å². The molecule has 2 aromatic rings. The molecule has 100 valence electrons. The lowest BCUT2D eigenvalue weighted by molar-refractivity contribution is 0.174. The minimum atomic E-state index is -0.487. The van der Waals surface area contributed by atoms with Gasteiger partial charge < -0.3 is 10.0 Å². The maximum absolute atomic E-state index is 13.0. The van der Waals surface area contributed by atoms with Crippen LogP contribution in [0.5, 0.6) is 0 Å². The Bertz CT molecular complexity index is 539. The quantitative estimate of drug-likeness (QED) is 0.895. The Morgan fingerprint density at radius 1 is 1.11 bits per heavy atom. The zero-order valence-electron chi connectivity index (χ0n) is 11.2. The van der Waals surface area contributed by atoms with Crippen molar-refractivity contribution in [1.29, 1.82) is 0 Å². The molecule has 0 aromatic heterocycles. The van der Waals surface area contributed by atoms with E-state index in [1.165, 1.54) is 12.1 Å². The summed E-state index contributed by atoms with van der Waals surface area (Å²) in [7, 11) is 1.91. The van der Waals surface area contributed by atoms with Crippen LogP contribution in [0.25, 0.3) is 0 Å². The predicted molar refractivity (Wildman–Crippen MR) is 76.2 cm³/mol. The fourth-order valence-electron chi connectivity index (χ4n) is 2.10. The van der Waals surface area contributed by atoms with Gasteiger partial charge >= 0.3 is 0 Å². The van der Waals surface area contributed by atoms with Crippen molar-refractivity contribution in [3.05, 3.63) is 59.9 Å². The number of hydrogen-bond donors (Lipinski definition) is 1. The van der Waals surface area contributed by atoms with Gasteiger partial charge in [-0.2, -0.15) is 0 Å². The van der Waals surface area contributed by atoms with Gasteiger partial charge in [0.15, 0.2) is 0 Å². The summed E-state index contributed by atoms with van der Waals surface area (Å²) >= 11 is 0. The number of halogens is 1. The summed E-state index contributed by atoms with van der Waals surface area (Å²) in [5.41, 5.74) is 2.71. The number of nitrogens with zero attached hydrogens (tertiary/aromatic N) is 1. The second kappa shape index (κ2) is 5.85. The van der Waals surface area contributed by atoms with E-state index in [2.05, 4.69) is 0 Å². The standard InChI is InChI=1S/C16H18FNO/c1-3-16(19)14-6-4-5-7-15(14)18(2)13-10-8-12(17)9-11-13/h4-11,16,19H,3H2,1-2H3/t16-/m0/s1. The summed E-state index contributed by atoms with van der Waals surface area (Å²) in [6.07, 6.45) is 0.174. The molecule has 0 aliphatic heterocycles. The third kappa shape index (κ3) is 2.93. The van der Waals surface area contributed by atoms with Crippen molar-refractivity contribution >= 4 is 11.4 Å². The first-order valence-corrected chi connectivity index (χ1v) is 6.39. The van der Waals surface area contributed by atoms with Crippen LogP contribution in [0.15, 0.2) is 48.5 Å². The average Bonchev–Trinajstić information content (AvgIpc) is 2.46. The van der Waals surface area contributed by atoms with E-state index in [1.807, 2.05) is 43.1 Å². The fraction of sp³-hybridized carbons (Fsp3) is 0.250. The van der Waals surface area contributed by atoms with Gasteiger partial charge in [-0.1, -0.05) is 25.1 Å². The molecule has 0 aliphatic rings. The number of anilines is 2. The first-order valence-electron chi connectivity index (χ1n) is 6.39. The smallest absolute Gasteiger partial charge is 0.123 e. The molecule has 0 amide bonds. The zero-order chi connectivity index (χ0) is 13.8. The average molecular weight is 259 g/mol. The molecule has 0 heterocycles. The number of benzene rings is 2. The molecule has 0 bridgehead atoms. The van der Waals surface area contributed by atoms with Crippen LogP contribution in [0.2, 0.25) is 0 Å². The maximum atomic E-state index is 13.0. The molecule has 0 unspecified atom stereocenters. The van der Waals surface area contributed by atoms with Gasteiger partial charge in [-0.05, 0) is 36.8 Å². The Kier molecular flexibility index (Phi) is 4.17. The van der Waals surface area contributed by atoms with Crippen LogP contribution in [-0.4, -0.2) is 12.2 Å². The van der Waals surface area contributed by atoms with E-state index in [0.29, 0.717) is 6.42 Å². The summed E-state index contributed by atoms with van der Waals surface area (Å²) in [4.78, 5) is 1.95. The van der Waals surface area contributed by atoms with E-state index in [-0.39, 0.29) is 5.82 Å². The van der Waals surface area contributed by atoms with Crippen LogP contribution in [0.1, 0.15) is 25.0 Å². The first-order chi connectivity index (χ1) is 9.13. The van der Waals surface area contributed by atoms with E-state index >= 15 is 0 Å². The summed E-state index contributed by atoms with van der Waals surface area (Å²) in [6, 6.07) is 14.0. The van der Waals surface area contributed by atoms with Crippen molar-refractivity contribution in [3.63, 3.8) is 0 Å². The Balaban J connectivity index is 2.38. The minimum Gasteiger partial charge on any atom is -0.388 e. The number of aliphatic hydroxyl groups is 1. The molecule has 0 saturated heterocycles. The molecule has 1 atom stereocenters. The number of rotatable bonds is 4. The van der Waals surface area contributed by atoms with Gasteiger partial charge in [0.1, 0.15) is 5.82 Å². The molecule has 3 heteroatoms. The fourth-order valence-corrected chi connectivity index (χ4v) is 2.10. The Morgan fingerprint density at radius 3 is 2.37 bits per heavy atom. The third-order valence-electron chi connectivity index (χ3n) is 3.26. The summed E-state index contributed by atoms with van der Waals surface area (Å²) < 4.78 is 13.0. The van der Waals surface area contributed by atoms with Gasteiger partial charge in [-0.25, -0.2) is 4.39 Å². The highest BCUT2D eigenvalue weighted by atomic mass is 19.1. The second-order valence-corrected chi connectivity index (χ2v) is 4.52. The van der Waals surface area contributed by atoms with Crippen LogP contribution < -0.4 is 4.90 Å². The van der Waals surface area contributed by atoms with Crippen molar-refractivity contribution in [2.75, 3.05) is 11.9 Å². The van der Waals surface area contributed by atoms with Crippen LogP contribution in [0, 0.1) is 5.82 Å². The molecule has 0 fully saturated rings. The Morgan fingerprint density at radius 2 is 1.74 bits per heavy atom. The monoisotopic (exact) mass is 259 g/mol. The number of para-hydroxylation sites is 1. The highest BCUT2D eigenvalue weighted by molar-refractivity contribution is 5.66. The molecular formula is C16H18FNO. The van der Waals surface area contributed by atoms with Crippen molar-refractivity contribution in [1.82, 2.24) is 0 Å². The molecule has 1 N–H and O–H groups in total. The van der Waals surface area contributed by atoms with Crippen LogP contribution >= 0.6 is 0 Å². The molecular weight excluding hydrogens is 241 g/mol. The van der Waals surface area contributed by atoms with Crippen LogP contribution in [-0.2, 0) is 0 Å². The summed E-state index contributed by atoms with van der Waals surface area (Å²) in [5, 5.41) is 10.1. The molecule has 2 nitrogen and oxygen atoms in total. The first kappa shape index (κ1) is 13.6. The molecule has 2 aromatic carbocycles. The Labute approximate surface area is 113 Å². The normalized spacial score (nSPS) is 12.2. The van der Waals surface area contributed by atoms with Crippen LogP contribution in [0.3, 0.4) is 0 Å². The van der Waals surface area contributed by atoms with Gasteiger partial charge in [0.2, 0.25) is 0 Å². The highest BCUT2D eigenvalue weighted by Crippen LogP contribution is 2.31. The van der Waals surface area contributed by atoms with Gasteiger partial charge in [0, 0.05) is 24.0 Å². The predicted octanol–water partition coefficient (Wildman–Crippen LogP) is 4.04. The van der Waals surface area contributed by atoms with Crippen LogP contribution in [0.4, 0.5) is 15.8 Å². The number of hydrogen-bond acceptors (Lipinski definition) is 2. The summed E-state index contributed by atoms with van der Waals surface area (Å²) in [6.45, 7) is 1.94. The molecule has 2 rings (SSSR count). The summed E-state index contributed by atoms with van der Waals surface area (Å²) in [5.74, 6) is -0.251. The minimum absolute atomic E-state index is 0.251. The molecule has 0 spiro atoms. The lowest BCUT2D eigenvalue weighted by Crippen LogP contribution is -2.13. The van der Waals surface area contributed by atoms with E-state index < -0.39 is 6.10 Å². The maximum Gasteiger partial charge on any atom is 0.123 e. The van der Waals surface area contributed by atoms with Gasteiger partial charge in [0.05, 0.1) is 6.10 Å². The third-order valence-corrected chi connectivity index (χ3v) is 3.26. The topological polar surface area (TPSA) is 23.5 Å². The zero-order valence-corrected chi connectivity index (χ0v) is 11.2. The second-order valence-electron chi connectivity index (χ2n) is 4.52. The van der Waals surface area contributed by atoms with E-state index in [0.717, 1.165) is 16.9 Å². The van der Waals surface area contributed by atoms with E-state index in [1.54, 1.807) is 12.1 Å². The van der Waals surface area contributed by atoms with Gasteiger partial charge in [-0.15, -0.1) is 0 Å². The van der Waals surface area contributed by atoms with E-state index in [9.17, 15) is 9.50 Å². The molecule has 0 saturated carbocycles. The van der Waals surface area contributed by atoms with Gasteiger partial charge in [0.25, 0.3) is 0 Å². The van der Waals surface area contributed by atoms with Gasteiger partial charge in [-0.3, -0.25) is 0 Å². The lowest BCUT2D eigenvalue weighted by Gasteiger charge is -2.24. The molecule has 0 aliphatic carbocycles. The van der Waals surface area contributed by atoms with Crippen molar-refractivity contribution in [2.24, 2.45) is 0 Å². The molecule has 19 heavy (non-hydrogen) atoms. The largest absolute Gasteiger partial charge is 0.388 e. The SMILES string of the molecule is CC[C@H](O)c1ccccc1N(C)c1ccc(F)cc1. The number of aliphatic hydroxyl groups excluding tert-OH is 1. The Hall–Kier alpha value is -1.87. The van der Waals surface area contributed by atoms with Crippen molar-refractivity contribution in [3.8, 4) is 0 Å². The highest BCUT2D eigenvalue weighted by Gasteiger charge is 2.14. The lowest BCUT2D eigenvalue weighted by atomic mass is 10.0. The van der Waals surface area contributed by atoms with Crippen molar-refractivity contribution < 1.29 is 9.50 Å². The molecule has 0 radical (unpaired) electrons. The van der Waals surface area contributed by atoms with E-state index in [4.69, 9.17) is 0 Å².